The Balaban J connectivity index is 2.39. The highest BCUT2D eigenvalue weighted by molar-refractivity contribution is 6.35. The van der Waals surface area contributed by atoms with Crippen LogP contribution >= 0.6 is 23.2 Å². The summed E-state index contributed by atoms with van der Waals surface area (Å²) in [6.07, 6.45) is 0.762. The van der Waals surface area contributed by atoms with E-state index in [0.717, 1.165) is 17.5 Å². The maximum Gasteiger partial charge on any atom is 0.239 e. The fraction of sp³-hybridized carbons (Fsp3) is 0.462. The molecule has 1 aliphatic heterocycles. The van der Waals surface area contributed by atoms with Gasteiger partial charge in [0.2, 0.25) is 5.91 Å². The first kappa shape index (κ1) is 13.7. The highest BCUT2D eigenvalue weighted by Gasteiger charge is 2.30. The van der Waals surface area contributed by atoms with Crippen molar-refractivity contribution in [2.45, 2.75) is 32.4 Å². The quantitative estimate of drug-likeness (QED) is 0.863. The average Bonchev–Trinajstić information content (AvgIpc) is 2.27. The zero-order valence-electron chi connectivity index (χ0n) is 10.4. The van der Waals surface area contributed by atoms with Crippen LogP contribution in [-0.4, -0.2) is 23.4 Å². The van der Waals surface area contributed by atoms with Crippen LogP contribution in [0.3, 0.4) is 0 Å². The number of nitrogens with zero attached hydrogens (tertiary/aromatic N) is 1. The van der Waals surface area contributed by atoms with E-state index >= 15 is 0 Å². The topological polar surface area (TPSA) is 46.3 Å². The van der Waals surface area contributed by atoms with Crippen LogP contribution in [0.1, 0.15) is 31.0 Å². The Labute approximate surface area is 117 Å². The number of hydrogen-bond acceptors (Lipinski definition) is 2. The van der Waals surface area contributed by atoms with E-state index in [-0.39, 0.29) is 11.9 Å². The SMILES string of the molecule is CC1c2c(Cl)cc(Cl)cc2CCN1C(=O)[C@@H](C)N. The number of carbonyl (C=O) groups excluding carboxylic acids is 1. The maximum atomic E-state index is 12.0. The number of halogens is 2. The van der Waals surface area contributed by atoms with Gasteiger partial charge < -0.3 is 10.6 Å². The summed E-state index contributed by atoms with van der Waals surface area (Å²) >= 11 is 12.2. The van der Waals surface area contributed by atoms with Crippen LogP contribution in [0.2, 0.25) is 10.0 Å². The Bertz CT molecular complexity index is 488. The standard InChI is InChI=1S/C13H16Cl2N2O/c1-7(16)13(18)17-4-3-9-5-10(14)6-11(15)12(9)8(17)2/h5-8H,3-4,16H2,1-2H3/t7-,8?/m1/s1. The summed E-state index contributed by atoms with van der Waals surface area (Å²) in [5.74, 6) is -0.0424. The van der Waals surface area contributed by atoms with Gasteiger partial charge >= 0.3 is 0 Å². The van der Waals surface area contributed by atoms with Crippen molar-refractivity contribution >= 4 is 29.1 Å². The second kappa shape index (κ2) is 5.08. The van der Waals surface area contributed by atoms with Crippen molar-refractivity contribution in [2.24, 2.45) is 5.73 Å². The molecule has 2 N–H and O–H groups in total. The molecule has 1 aromatic rings. The van der Waals surface area contributed by atoms with Gasteiger partial charge in [-0.25, -0.2) is 0 Å². The van der Waals surface area contributed by atoms with Gasteiger partial charge in [-0.2, -0.15) is 0 Å². The molecule has 2 atom stereocenters. The van der Waals surface area contributed by atoms with Crippen molar-refractivity contribution in [2.75, 3.05) is 6.54 Å². The number of fused-ring (bicyclic) bond motifs is 1. The maximum absolute atomic E-state index is 12.0. The van der Waals surface area contributed by atoms with Gasteiger partial charge in [0.15, 0.2) is 0 Å². The van der Waals surface area contributed by atoms with E-state index in [4.69, 9.17) is 28.9 Å². The third-order valence-corrected chi connectivity index (χ3v) is 3.89. The van der Waals surface area contributed by atoms with Gasteiger partial charge in [0, 0.05) is 16.6 Å². The molecule has 0 aromatic heterocycles. The number of amides is 1. The van der Waals surface area contributed by atoms with E-state index in [1.807, 2.05) is 13.0 Å². The van der Waals surface area contributed by atoms with Gasteiger partial charge in [0.25, 0.3) is 0 Å². The molecule has 1 unspecified atom stereocenters. The molecule has 0 radical (unpaired) electrons. The molecule has 5 heteroatoms. The van der Waals surface area contributed by atoms with Gasteiger partial charge in [-0.1, -0.05) is 23.2 Å². The van der Waals surface area contributed by atoms with E-state index in [1.165, 1.54) is 0 Å². The molecule has 1 aliphatic rings. The Hall–Kier alpha value is -0.770. The predicted molar refractivity (Wildman–Crippen MR) is 73.9 cm³/mol. The summed E-state index contributed by atoms with van der Waals surface area (Å²) in [5.41, 5.74) is 7.77. The zero-order valence-corrected chi connectivity index (χ0v) is 11.9. The zero-order chi connectivity index (χ0) is 13.4. The van der Waals surface area contributed by atoms with Crippen LogP contribution in [0.15, 0.2) is 12.1 Å². The first-order valence-corrected chi connectivity index (χ1v) is 6.71. The van der Waals surface area contributed by atoms with Gasteiger partial charge in [-0.3, -0.25) is 4.79 Å². The summed E-state index contributed by atoms with van der Waals surface area (Å²) in [5, 5.41) is 1.25. The molecule has 1 amide bonds. The molecule has 0 aliphatic carbocycles. The normalized spacial score (nSPS) is 20.5. The molecule has 0 spiro atoms. The predicted octanol–water partition coefficient (Wildman–Crippen LogP) is 2.79. The van der Waals surface area contributed by atoms with Crippen LogP contribution in [-0.2, 0) is 11.2 Å². The largest absolute Gasteiger partial charge is 0.334 e. The summed E-state index contributed by atoms with van der Waals surface area (Å²) in [4.78, 5) is 13.8. The highest BCUT2D eigenvalue weighted by Crippen LogP contribution is 2.36. The van der Waals surface area contributed by atoms with Crippen molar-refractivity contribution in [3.05, 3.63) is 33.3 Å². The van der Waals surface area contributed by atoms with Crippen molar-refractivity contribution < 1.29 is 4.79 Å². The van der Waals surface area contributed by atoms with Crippen molar-refractivity contribution in [1.29, 1.82) is 0 Å². The summed E-state index contributed by atoms with van der Waals surface area (Å²) < 4.78 is 0. The number of rotatable bonds is 1. The number of benzene rings is 1. The van der Waals surface area contributed by atoms with Crippen LogP contribution in [0.4, 0.5) is 0 Å². The van der Waals surface area contributed by atoms with E-state index < -0.39 is 6.04 Å². The lowest BCUT2D eigenvalue weighted by atomic mass is 9.93. The number of carbonyl (C=O) groups is 1. The molecule has 0 fully saturated rings. The Kier molecular flexibility index (Phi) is 3.85. The molecule has 0 bridgehead atoms. The lowest BCUT2D eigenvalue weighted by Crippen LogP contribution is -2.46. The number of hydrogen-bond donors (Lipinski definition) is 1. The Morgan fingerprint density at radius 2 is 2.17 bits per heavy atom. The van der Waals surface area contributed by atoms with Crippen molar-refractivity contribution in [1.82, 2.24) is 4.90 Å². The molecule has 98 valence electrons. The lowest BCUT2D eigenvalue weighted by Gasteiger charge is -2.37. The van der Waals surface area contributed by atoms with E-state index in [0.29, 0.717) is 16.6 Å². The smallest absolute Gasteiger partial charge is 0.239 e. The summed E-state index contributed by atoms with van der Waals surface area (Å²) in [6.45, 7) is 4.33. The summed E-state index contributed by atoms with van der Waals surface area (Å²) in [7, 11) is 0. The van der Waals surface area contributed by atoms with E-state index in [9.17, 15) is 4.79 Å². The van der Waals surface area contributed by atoms with Crippen molar-refractivity contribution in [3.63, 3.8) is 0 Å². The fourth-order valence-corrected chi connectivity index (χ4v) is 3.16. The molecule has 18 heavy (non-hydrogen) atoms. The minimum absolute atomic E-state index is 0.0424. The molecule has 2 rings (SSSR count). The molecule has 1 aromatic carbocycles. The van der Waals surface area contributed by atoms with Crippen LogP contribution in [0.5, 0.6) is 0 Å². The third-order valence-electron chi connectivity index (χ3n) is 3.36. The van der Waals surface area contributed by atoms with E-state index in [2.05, 4.69) is 0 Å². The van der Waals surface area contributed by atoms with Gasteiger partial charge in [0.1, 0.15) is 0 Å². The average molecular weight is 287 g/mol. The minimum atomic E-state index is -0.486. The van der Waals surface area contributed by atoms with Gasteiger partial charge in [-0.15, -0.1) is 0 Å². The summed E-state index contributed by atoms with van der Waals surface area (Å²) in [6, 6.07) is 3.10. The Morgan fingerprint density at radius 3 is 2.78 bits per heavy atom. The first-order valence-electron chi connectivity index (χ1n) is 5.95. The Morgan fingerprint density at radius 1 is 1.50 bits per heavy atom. The van der Waals surface area contributed by atoms with Gasteiger partial charge in [-0.05, 0) is 43.5 Å². The molecule has 3 nitrogen and oxygen atoms in total. The van der Waals surface area contributed by atoms with Crippen LogP contribution in [0, 0.1) is 0 Å². The van der Waals surface area contributed by atoms with Gasteiger partial charge in [0.05, 0.1) is 12.1 Å². The first-order chi connectivity index (χ1) is 8.41. The van der Waals surface area contributed by atoms with Crippen LogP contribution < -0.4 is 5.73 Å². The highest BCUT2D eigenvalue weighted by atomic mass is 35.5. The molecule has 0 saturated heterocycles. The number of nitrogens with two attached hydrogens (primary N) is 1. The molecular formula is C13H16Cl2N2O. The minimum Gasteiger partial charge on any atom is -0.334 e. The lowest BCUT2D eigenvalue weighted by molar-refractivity contribution is -0.134. The van der Waals surface area contributed by atoms with Crippen molar-refractivity contribution in [3.8, 4) is 0 Å². The van der Waals surface area contributed by atoms with E-state index in [1.54, 1.807) is 17.9 Å². The monoisotopic (exact) mass is 286 g/mol. The molecule has 0 saturated carbocycles. The fourth-order valence-electron chi connectivity index (χ4n) is 2.47. The second-order valence-corrected chi connectivity index (χ2v) is 5.55. The second-order valence-electron chi connectivity index (χ2n) is 4.71. The third kappa shape index (κ3) is 2.35. The van der Waals surface area contributed by atoms with Crippen LogP contribution in [0.25, 0.3) is 0 Å². The molecular weight excluding hydrogens is 271 g/mol. The molecule has 1 heterocycles.